The fraction of sp³-hybridized carbons (Fsp3) is 1.00. The van der Waals surface area contributed by atoms with E-state index in [0.717, 1.165) is 23.9 Å². The molecule has 1 heterocycles. The van der Waals surface area contributed by atoms with Crippen LogP contribution in [0.25, 0.3) is 0 Å². The molecule has 0 aromatic rings. The van der Waals surface area contributed by atoms with Crippen LogP contribution in [0.15, 0.2) is 0 Å². The van der Waals surface area contributed by atoms with E-state index in [0.29, 0.717) is 0 Å². The summed E-state index contributed by atoms with van der Waals surface area (Å²) < 4.78 is 1.05. The van der Waals surface area contributed by atoms with Gasteiger partial charge in [0.1, 0.15) is 0 Å². The molecule has 2 nitrogen and oxygen atoms in total. The largest absolute Gasteiger partial charge is 0.392 e. The zero-order chi connectivity index (χ0) is 6.69. The number of hydrogen-bond acceptors (Lipinski definition) is 2. The van der Waals surface area contributed by atoms with E-state index in [1.807, 2.05) is 0 Å². The van der Waals surface area contributed by atoms with E-state index >= 15 is 0 Å². The highest BCUT2D eigenvalue weighted by Gasteiger charge is 2.15. The number of aliphatic hydroxyl groups excluding tert-OH is 1. The van der Waals surface area contributed by atoms with Crippen LogP contribution in [0, 0.1) is 0 Å². The van der Waals surface area contributed by atoms with E-state index in [9.17, 15) is 0 Å². The van der Waals surface area contributed by atoms with Gasteiger partial charge >= 0.3 is 0 Å². The summed E-state index contributed by atoms with van der Waals surface area (Å²) in [5.41, 5.74) is 0. The molecule has 1 atom stereocenters. The van der Waals surface area contributed by atoms with Crippen LogP contribution >= 0.6 is 22.6 Å². The zero-order valence-electron chi connectivity index (χ0n) is 5.39. The summed E-state index contributed by atoms with van der Waals surface area (Å²) in [6, 6.07) is 0. The average molecular weight is 241 g/mol. The molecule has 0 saturated carbocycles. The molecule has 1 fully saturated rings. The van der Waals surface area contributed by atoms with Crippen LogP contribution in [0.1, 0.15) is 12.8 Å². The van der Waals surface area contributed by atoms with Crippen molar-refractivity contribution >= 4 is 22.6 Å². The summed E-state index contributed by atoms with van der Waals surface area (Å²) in [5.74, 6) is 0. The average Bonchev–Trinajstić information content (AvgIpc) is 1.88. The minimum Gasteiger partial charge on any atom is -0.392 e. The van der Waals surface area contributed by atoms with Gasteiger partial charge in [-0.25, -0.2) is 0 Å². The number of nitrogens with zero attached hydrogens (tertiary/aromatic N) is 1. The van der Waals surface area contributed by atoms with Gasteiger partial charge in [0, 0.05) is 6.54 Å². The molecule has 0 amide bonds. The molecular formula is C6H12INO. The predicted molar refractivity (Wildman–Crippen MR) is 45.7 cm³/mol. The number of hydrogen-bond donors (Lipinski definition) is 1. The highest BCUT2D eigenvalue weighted by Crippen LogP contribution is 2.10. The van der Waals surface area contributed by atoms with Crippen molar-refractivity contribution in [2.45, 2.75) is 18.9 Å². The maximum atomic E-state index is 9.17. The molecule has 1 unspecified atom stereocenters. The highest BCUT2D eigenvalue weighted by atomic mass is 127. The van der Waals surface area contributed by atoms with Crippen molar-refractivity contribution < 1.29 is 5.11 Å². The number of halogens is 1. The Morgan fingerprint density at radius 3 is 2.89 bits per heavy atom. The van der Waals surface area contributed by atoms with Crippen LogP contribution in [0.2, 0.25) is 0 Å². The van der Waals surface area contributed by atoms with Gasteiger partial charge in [-0.1, -0.05) is 22.6 Å². The third-order valence-electron chi connectivity index (χ3n) is 1.65. The number of rotatable bonds is 1. The van der Waals surface area contributed by atoms with Gasteiger partial charge < -0.3 is 5.11 Å². The molecule has 1 saturated heterocycles. The summed E-state index contributed by atoms with van der Waals surface area (Å²) in [5, 5.41) is 9.17. The first-order chi connectivity index (χ1) is 4.33. The van der Waals surface area contributed by atoms with Crippen LogP contribution in [-0.2, 0) is 0 Å². The summed E-state index contributed by atoms with van der Waals surface area (Å²) in [4.78, 5) is 2.27. The lowest BCUT2D eigenvalue weighted by Gasteiger charge is -2.27. The fourth-order valence-electron chi connectivity index (χ4n) is 1.14. The molecule has 0 aliphatic carbocycles. The van der Waals surface area contributed by atoms with E-state index in [-0.39, 0.29) is 6.10 Å². The Hall–Kier alpha value is 0.650. The van der Waals surface area contributed by atoms with Gasteiger partial charge in [-0.15, -0.1) is 0 Å². The van der Waals surface area contributed by atoms with Crippen molar-refractivity contribution in [1.29, 1.82) is 0 Å². The highest BCUT2D eigenvalue weighted by molar-refractivity contribution is 14.1. The van der Waals surface area contributed by atoms with Crippen molar-refractivity contribution in [1.82, 2.24) is 4.90 Å². The van der Waals surface area contributed by atoms with Gasteiger partial charge in [-0.3, -0.25) is 4.90 Å². The second kappa shape index (κ2) is 3.73. The van der Waals surface area contributed by atoms with Crippen LogP contribution < -0.4 is 0 Å². The lowest BCUT2D eigenvalue weighted by molar-refractivity contribution is 0.0830. The Morgan fingerprint density at radius 1 is 1.67 bits per heavy atom. The SMILES string of the molecule is OC1CCCN(CI)C1. The quantitative estimate of drug-likeness (QED) is 0.417. The molecular weight excluding hydrogens is 229 g/mol. The number of piperidine rings is 1. The van der Waals surface area contributed by atoms with Crippen LogP contribution in [0.5, 0.6) is 0 Å². The molecule has 0 aromatic carbocycles. The van der Waals surface area contributed by atoms with Crippen molar-refractivity contribution in [2.24, 2.45) is 0 Å². The van der Waals surface area contributed by atoms with Gasteiger partial charge in [0.05, 0.1) is 10.7 Å². The second-order valence-electron chi connectivity index (χ2n) is 2.49. The molecule has 0 bridgehead atoms. The molecule has 1 N–H and O–H groups in total. The third-order valence-corrected chi connectivity index (χ3v) is 2.61. The van der Waals surface area contributed by atoms with Gasteiger partial charge in [0.2, 0.25) is 0 Å². The summed E-state index contributed by atoms with van der Waals surface area (Å²) >= 11 is 2.33. The molecule has 0 spiro atoms. The molecule has 3 heteroatoms. The molecule has 0 aromatic heterocycles. The lowest BCUT2D eigenvalue weighted by Crippen LogP contribution is -2.37. The predicted octanol–water partition coefficient (Wildman–Crippen LogP) is 0.836. The van der Waals surface area contributed by atoms with E-state index in [4.69, 9.17) is 5.11 Å². The Kier molecular flexibility index (Phi) is 3.21. The van der Waals surface area contributed by atoms with Crippen molar-refractivity contribution in [3.05, 3.63) is 0 Å². The van der Waals surface area contributed by atoms with Crippen molar-refractivity contribution in [3.63, 3.8) is 0 Å². The minimum absolute atomic E-state index is 0.0616. The normalized spacial score (nSPS) is 30.7. The fourth-order valence-corrected chi connectivity index (χ4v) is 1.76. The van der Waals surface area contributed by atoms with E-state index < -0.39 is 0 Å². The van der Waals surface area contributed by atoms with Crippen LogP contribution in [0.4, 0.5) is 0 Å². The number of alkyl halides is 1. The minimum atomic E-state index is -0.0616. The molecule has 1 aliphatic heterocycles. The molecule has 54 valence electrons. The lowest BCUT2D eigenvalue weighted by atomic mass is 10.1. The summed E-state index contributed by atoms with van der Waals surface area (Å²) in [7, 11) is 0. The van der Waals surface area contributed by atoms with Crippen molar-refractivity contribution in [2.75, 3.05) is 17.6 Å². The number of aliphatic hydroxyl groups is 1. The molecule has 0 radical (unpaired) electrons. The first-order valence-corrected chi connectivity index (χ1v) is 4.82. The van der Waals surface area contributed by atoms with Crippen molar-refractivity contribution in [3.8, 4) is 0 Å². The van der Waals surface area contributed by atoms with E-state index in [1.165, 1.54) is 6.54 Å². The Morgan fingerprint density at radius 2 is 2.44 bits per heavy atom. The Balaban J connectivity index is 2.23. The van der Waals surface area contributed by atoms with E-state index in [2.05, 4.69) is 27.5 Å². The monoisotopic (exact) mass is 241 g/mol. The molecule has 9 heavy (non-hydrogen) atoms. The van der Waals surface area contributed by atoms with Crippen LogP contribution in [-0.4, -0.2) is 33.8 Å². The Bertz CT molecular complexity index is 89.1. The second-order valence-corrected chi connectivity index (χ2v) is 3.17. The van der Waals surface area contributed by atoms with Gasteiger partial charge in [0.25, 0.3) is 0 Å². The maximum absolute atomic E-state index is 9.17. The first-order valence-electron chi connectivity index (χ1n) is 3.29. The van der Waals surface area contributed by atoms with Crippen LogP contribution in [0.3, 0.4) is 0 Å². The molecule has 1 rings (SSSR count). The number of β-amino-alcohol motifs (C(OH)–C–C–N with tert-alkyl or cyclic N) is 1. The summed E-state index contributed by atoms with van der Waals surface area (Å²) in [6.07, 6.45) is 2.09. The van der Waals surface area contributed by atoms with Gasteiger partial charge in [-0.05, 0) is 19.4 Å². The summed E-state index contributed by atoms with van der Waals surface area (Å²) in [6.45, 7) is 2.04. The zero-order valence-corrected chi connectivity index (χ0v) is 7.54. The molecule has 1 aliphatic rings. The van der Waals surface area contributed by atoms with E-state index in [1.54, 1.807) is 0 Å². The maximum Gasteiger partial charge on any atom is 0.0667 e. The third kappa shape index (κ3) is 2.39. The van der Waals surface area contributed by atoms with Gasteiger partial charge in [-0.2, -0.15) is 0 Å². The topological polar surface area (TPSA) is 23.5 Å². The first kappa shape index (κ1) is 7.75. The number of likely N-dealkylation sites (tertiary alicyclic amines) is 1. The Labute approximate surface area is 69.4 Å². The smallest absolute Gasteiger partial charge is 0.0667 e. The van der Waals surface area contributed by atoms with Gasteiger partial charge in [0.15, 0.2) is 0 Å². The standard InChI is InChI=1S/C6H12INO/c7-5-8-3-1-2-6(9)4-8/h6,9H,1-5H2.